The van der Waals surface area contributed by atoms with Gasteiger partial charge in [-0.15, -0.1) is 11.6 Å². The summed E-state index contributed by atoms with van der Waals surface area (Å²) >= 11 is 9.55. The molecular formula is C11H14BrClO. The van der Waals surface area contributed by atoms with E-state index in [1.807, 2.05) is 12.1 Å². The van der Waals surface area contributed by atoms with Crippen molar-refractivity contribution in [2.24, 2.45) is 0 Å². The zero-order chi connectivity index (χ0) is 10.4. The van der Waals surface area contributed by atoms with Gasteiger partial charge in [0.15, 0.2) is 0 Å². The molecule has 0 fully saturated rings. The summed E-state index contributed by atoms with van der Waals surface area (Å²) in [6.45, 7) is 0.617. The molecule has 0 spiro atoms. The Morgan fingerprint density at radius 3 is 2.79 bits per heavy atom. The Hall–Kier alpha value is -0.0500. The largest absolute Gasteiger partial charge is 0.383 e. The van der Waals surface area contributed by atoms with Gasteiger partial charge in [0.1, 0.15) is 0 Å². The van der Waals surface area contributed by atoms with Crippen LogP contribution in [0.15, 0.2) is 28.7 Å². The van der Waals surface area contributed by atoms with Crippen LogP contribution in [-0.2, 0) is 11.2 Å². The maximum Gasteiger partial charge on any atom is 0.0626 e. The number of rotatable bonds is 5. The Kier molecular flexibility index (Phi) is 5.53. The molecule has 0 saturated carbocycles. The SMILES string of the molecule is COCC(Cl)CCc1ccccc1Br. The standard InChI is InChI=1S/C11H14BrClO/c1-14-8-10(13)7-6-9-4-2-3-5-11(9)12/h2-5,10H,6-8H2,1H3. The fourth-order valence-corrected chi connectivity index (χ4v) is 2.00. The average Bonchev–Trinajstić information content (AvgIpc) is 2.17. The highest BCUT2D eigenvalue weighted by molar-refractivity contribution is 9.10. The van der Waals surface area contributed by atoms with Crippen molar-refractivity contribution >= 4 is 27.5 Å². The molecule has 0 bridgehead atoms. The third-order valence-electron chi connectivity index (χ3n) is 2.03. The lowest BCUT2D eigenvalue weighted by Crippen LogP contribution is -2.08. The fourth-order valence-electron chi connectivity index (χ4n) is 1.28. The minimum Gasteiger partial charge on any atom is -0.383 e. The highest BCUT2D eigenvalue weighted by Crippen LogP contribution is 2.19. The van der Waals surface area contributed by atoms with Crippen molar-refractivity contribution in [2.45, 2.75) is 18.2 Å². The third kappa shape index (κ3) is 3.99. The lowest BCUT2D eigenvalue weighted by Gasteiger charge is -2.08. The van der Waals surface area contributed by atoms with E-state index in [2.05, 4.69) is 28.1 Å². The van der Waals surface area contributed by atoms with Gasteiger partial charge in [-0.3, -0.25) is 0 Å². The molecule has 1 aromatic rings. The lowest BCUT2D eigenvalue weighted by molar-refractivity contribution is 0.195. The normalized spacial score (nSPS) is 12.8. The van der Waals surface area contributed by atoms with Crippen molar-refractivity contribution < 1.29 is 4.74 Å². The molecule has 1 nitrogen and oxygen atoms in total. The Labute approximate surface area is 98.5 Å². The first-order valence-corrected chi connectivity index (χ1v) is 5.83. The zero-order valence-corrected chi connectivity index (χ0v) is 10.5. The third-order valence-corrected chi connectivity index (χ3v) is 3.15. The van der Waals surface area contributed by atoms with Crippen LogP contribution in [0.1, 0.15) is 12.0 Å². The highest BCUT2D eigenvalue weighted by Gasteiger charge is 2.05. The topological polar surface area (TPSA) is 9.23 Å². The van der Waals surface area contributed by atoms with Gasteiger partial charge < -0.3 is 4.74 Å². The minimum atomic E-state index is 0.104. The number of hydrogen-bond donors (Lipinski definition) is 0. The van der Waals surface area contributed by atoms with E-state index in [0.29, 0.717) is 6.61 Å². The monoisotopic (exact) mass is 276 g/mol. The second kappa shape index (κ2) is 6.44. The van der Waals surface area contributed by atoms with Crippen LogP contribution in [-0.4, -0.2) is 19.1 Å². The Morgan fingerprint density at radius 1 is 1.43 bits per heavy atom. The molecule has 0 aliphatic rings. The summed E-state index contributed by atoms with van der Waals surface area (Å²) in [6, 6.07) is 8.22. The first-order chi connectivity index (χ1) is 6.74. The smallest absolute Gasteiger partial charge is 0.0626 e. The molecule has 1 unspecified atom stereocenters. The molecule has 1 rings (SSSR count). The molecule has 14 heavy (non-hydrogen) atoms. The molecule has 3 heteroatoms. The van der Waals surface area contributed by atoms with E-state index >= 15 is 0 Å². The van der Waals surface area contributed by atoms with Crippen LogP contribution in [0.25, 0.3) is 0 Å². The number of methoxy groups -OCH3 is 1. The fraction of sp³-hybridized carbons (Fsp3) is 0.455. The molecule has 0 N–H and O–H groups in total. The predicted molar refractivity (Wildman–Crippen MR) is 64.0 cm³/mol. The van der Waals surface area contributed by atoms with Crippen LogP contribution >= 0.6 is 27.5 Å². The van der Waals surface area contributed by atoms with Crippen LogP contribution in [0, 0.1) is 0 Å². The van der Waals surface area contributed by atoms with Crippen LogP contribution in [0.3, 0.4) is 0 Å². The van der Waals surface area contributed by atoms with Crippen LogP contribution in [0.2, 0.25) is 0 Å². The molecular weight excluding hydrogens is 263 g/mol. The Bertz CT molecular complexity index is 278. The Balaban J connectivity index is 2.41. The van der Waals surface area contributed by atoms with Crippen molar-refractivity contribution in [3.63, 3.8) is 0 Å². The molecule has 0 aliphatic carbocycles. The maximum atomic E-state index is 6.04. The van der Waals surface area contributed by atoms with E-state index < -0.39 is 0 Å². The van der Waals surface area contributed by atoms with Gasteiger partial charge in [0, 0.05) is 11.6 Å². The quantitative estimate of drug-likeness (QED) is 0.747. The van der Waals surface area contributed by atoms with Gasteiger partial charge >= 0.3 is 0 Å². The summed E-state index contributed by atoms with van der Waals surface area (Å²) in [5.41, 5.74) is 1.30. The molecule has 0 radical (unpaired) electrons. The highest BCUT2D eigenvalue weighted by atomic mass is 79.9. The van der Waals surface area contributed by atoms with Gasteiger partial charge in [-0.1, -0.05) is 34.1 Å². The first-order valence-electron chi connectivity index (χ1n) is 4.60. The van der Waals surface area contributed by atoms with Crippen LogP contribution in [0.5, 0.6) is 0 Å². The van der Waals surface area contributed by atoms with Gasteiger partial charge in [-0.25, -0.2) is 0 Å². The lowest BCUT2D eigenvalue weighted by atomic mass is 10.1. The van der Waals surface area contributed by atoms with Gasteiger partial charge in [-0.05, 0) is 24.5 Å². The van der Waals surface area contributed by atoms with Crippen molar-refractivity contribution in [3.8, 4) is 0 Å². The second-order valence-electron chi connectivity index (χ2n) is 3.18. The summed E-state index contributed by atoms with van der Waals surface area (Å²) in [4.78, 5) is 0. The summed E-state index contributed by atoms with van der Waals surface area (Å²) in [5.74, 6) is 0. The van der Waals surface area contributed by atoms with Gasteiger partial charge in [0.05, 0.1) is 12.0 Å². The summed E-state index contributed by atoms with van der Waals surface area (Å²) in [6.07, 6.45) is 1.93. The first kappa shape index (κ1) is 12.0. The number of hydrogen-bond acceptors (Lipinski definition) is 1. The van der Waals surface area contributed by atoms with Gasteiger partial charge in [0.25, 0.3) is 0 Å². The van der Waals surface area contributed by atoms with E-state index in [-0.39, 0.29) is 5.38 Å². The molecule has 0 aliphatic heterocycles. The molecule has 1 aromatic carbocycles. The molecule has 0 heterocycles. The molecule has 0 aromatic heterocycles. The number of benzene rings is 1. The van der Waals surface area contributed by atoms with Crippen molar-refractivity contribution in [1.29, 1.82) is 0 Å². The predicted octanol–water partition coefficient (Wildman–Crippen LogP) is 3.64. The number of aryl methyl sites for hydroxylation is 1. The molecule has 0 saturated heterocycles. The van der Waals surface area contributed by atoms with Crippen molar-refractivity contribution in [1.82, 2.24) is 0 Å². The zero-order valence-electron chi connectivity index (χ0n) is 8.17. The van der Waals surface area contributed by atoms with E-state index in [1.54, 1.807) is 7.11 Å². The minimum absolute atomic E-state index is 0.104. The van der Waals surface area contributed by atoms with Crippen molar-refractivity contribution in [3.05, 3.63) is 34.3 Å². The molecule has 0 amide bonds. The van der Waals surface area contributed by atoms with E-state index in [4.69, 9.17) is 16.3 Å². The number of ether oxygens (including phenoxy) is 1. The number of alkyl halides is 1. The average molecular weight is 278 g/mol. The van der Waals surface area contributed by atoms with Crippen LogP contribution in [0.4, 0.5) is 0 Å². The Morgan fingerprint density at radius 2 is 2.14 bits per heavy atom. The summed E-state index contributed by atoms with van der Waals surface area (Å²) in [5, 5.41) is 0.104. The van der Waals surface area contributed by atoms with E-state index in [0.717, 1.165) is 17.3 Å². The molecule has 1 atom stereocenters. The maximum absolute atomic E-state index is 6.04. The van der Waals surface area contributed by atoms with E-state index in [9.17, 15) is 0 Å². The molecule has 78 valence electrons. The van der Waals surface area contributed by atoms with Gasteiger partial charge in [-0.2, -0.15) is 0 Å². The van der Waals surface area contributed by atoms with E-state index in [1.165, 1.54) is 5.56 Å². The summed E-state index contributed by atoms with van der Waals surface area (Å²) in [7, 11) is 1.67. The van der Waals surface area contributed by atoms with Crippen LogP contribution < -0.4 is 0 Å². The van der Waals surface area contributed by atoms with Gasteiger partial charge in [0.2, 0.25) is 0 Å². The van der Waals surface area contributed by atoms with Crippen molar-refractivity contribution in [2.75, 3.05) is 13.7 Å². The number of halogens is 2. The summed E-state index contributed by atoms with van der Waals surface area (Å²) < 4.78 is 6.13. The second-order valence-corrected chi connectivity index (χ2v) is 4.65.